The second kappa shape index (κ2) is 14.4. The van der Waals surface area contributed by atoms with E-state index in [0.717, 1.165) is 45.8 Å². The van der Waals surface area contributed by atoms with E-state index < -0.39 is 0 Å². The van der Waals surface area contributed by atoms with Crippen molar-refractivity contribution in [3.05, 3.63) is 71.8 Å². The molecule has 1 aliphatic rings. The highest BCUT2D eigenvalue weighted by molar-refractivity contribution is 5.85. The van der Waals surface area contributed by atoms with Gasteiger partial charge in [0.25, 0.3) is 0 Å². The number of carbonyl (C=O) groups excluding carboxylic acids is 1. The average Bonchev–Trinajstić information content (AvgIpc) is 2.70. The number of hydrogen-bond donors (Lipinski definition) is 2. The lowest BCUT2D eigenvalue weighted by Crippen LogP contribution is -2.47. The van der Waals surface area contributed by atoms with Crippen LogP contribution in [0.4, 0.5) is 0 Å². The monoisotopic (exact) mass is 438 g/mol. The Bertz CT molecular complexity index is 640. The molecule has 2 aromatic rings. The first-order valence-electron chi connectivity index (χ1n) is 9.79. The summed E-state index contributed by atoms with van der Waals surface area (Å²) in [5.74, 6) is 0.0944. The number of rotatable bonds is 9. The molecule has 0 radical (unpaired) electrons. The summed E-state index contributed by atoms with van der Waals surface area (Å²) in [7, 11) is 0. The van der Waals surface area contributed by atoms with Gasteiger partial charge >= 0.3 is 0 Å². The Morgan fingerprint density at radius 1 is 0.897 bits per heavy atom. The van der Waals surface area contributed by atoms with E-state index in [-0.39, 0.29) is 30.7 Å². The van der Waals surface area contributed by atoms with Crippen LogP contribution in [-0.2, 0) is 17.9 Å². The lowest BCUT2D eigenvalue weighted by molar-refractivity contribution is -0.122. The molecule has 29 heavy (non-hydrogen) atoms. The Morgan fingerprint density at radius 3 is 1.93 bits per heavy atom. The summed E-state index contributed by atoms with van der Waals surface area (Å²) in [6, 6.07) is 20.7. The highest BCUT2D eigenvalue weighted by atomic mass is 35.5. The van der Waals surface area contributed by atoms with Crippen molar-refractivity contribution >= 4 is 30.7 Å². The summed E-state index contributed by atoms with van der Waals surface area (Å²) < 4.78 is 0. The maximum absolute atomic E-state index is 12.5. The van der Waals surface area contributed by atoms with Gasteiger partial charge in [0.15, 0.2) is 0 Å². The number of hydrogen-bond acceptors (Lipinski definition) is 4. The molecule has 5 nitrogen and oxygen atoms in total. The lowest BCUT2D eigenvalue weighted by atomic mass is 10.1. The minimum Gasteiger partial charge on any atom is -0.354 e. The van der Waals surface area contributed by atoms with Gasteiger partial charge in [-0.2, -0.15) is 0 Å². The highest BCUT2D eigenvalue weighted by Crippen LogP contribution is 2.09. The molecule has 0 aliphatic carbocycles. The molecule has 7 heteroatoms. The van der Waals surface area contributed by atoms with Gasteiger partial charge in [-0.3, -0.25) is 14.6 Å². The number of piperazine rings is 1. The van der Waals surface area contributed by atoms with E-state index in [0.29, 0.717) is 13.1 Å². The molecule has 0 aromatic heterocycles. The second-order valence-electron chi connectivity index (χ2n) is 7.06. The van der Waals surface area contributed by atoms with Gasteiger partial charge in [0.2, 0.25) is 5.91 Å². The van der Waals surface area contributed by atoms with E-state index in [2.05, 4.69) is 44.7 Å². The maximum atomic E-state index is 12.5. The summed E-state index contributed by atoms with van der Waals surface area (Å²) in [6.45, 7) is 7.77. The van der Waals surface area contributed by atoms with Gasteiger partial charge in [0, 0.05) is 52.4 Å². The van der Waals surface area contributed by atoms with E-state index in [1.54, 1.807) is 0 Å². The molecule has 1 saturated heterocycles. The van der Waals surface area contributed by atoms with E-state index in [1.165, 1.54) is 11.1 Å². The van der Waals surface area contributed by atoms with Crippen LogP contribution in [0.25, 0.3) is 0 Å². The van der Waals surface area contributed by atoms with E-state index in [1.807, 2.05) is 36.4 Å². The van der Waals surface area contributed by atoms with E-state index in [4.69, 9.17) is 0 Å². The zero-order valence-electron chi connectivity index (χ0n) is 16.8. The molecule has 2 aromatic carbocycles. The van der Waals surface area contributed by atoms with Crippen LogP contribution in [0.1, 0.15) is 11.1 Å². The fourth-order valence-electron chi connectivity index (χ4n) is 3.40. The van der Waals surface area contributed by atoms with Crippen LogP contribution in [0.5, 0.6) is 0 Å². The molecule has 2 N–H and O–H groups in total. The number of carbonyl (C=O) groups is 1. The molecular formula is C22H32Cl2N4O. The van der Waals surface area contributed by atoms with Gasteiger partial charge in [-0.1, -0.05) is 60.7 Å². The smallest absolute Gasteiger partial charge is 0.234 e. The standard InChI is InChI=1S/C22H30N4O.2ClH/c27-22(24-13-16-25-14-11-23-12-15-25)19-26(17-20-7-3-1-4-8-20)18-21-9-5-2-6-10-21;;/h1-10,23H,11-19H2,(H,24,27);2*1H. The van der Waals surface area contributed by atoms with E-state index in [9.17, 15) is 4.79 Å². The average molecular weight is 439 g/mol. The van der Waals surface area contributed by atoms with Crippen molar-refractivity contribution in [3.8, 4) is 0 Å². The lowest BCUT2D eigenvalue weighted by Gasteiger charge is -2.27. The molecule has 160 valence electrons. The largest absolute Gasteiger partial charge is 0.354 e. The molecule has 1 amide bonds. The van der Waals surface area contributed by atoms with Crippen LogP contribution in [-0.4, -0.2) is 61.5 Å². The molecule has 0 saturated carbocycles. The van der Waals surface area contributed by atoms with Crippen LogP contribution in [0.3, 0.4) is 0 Å². The van der Waals surface area contributed by atoms with Crippen LogP contribution < -0.4 is 10.6 Å². The Labute approximate surface area is 186 Å². The van der Waals surface area contributed by atoms with Crippen molar-refractivity contribution in [1.29, 1.82) is 0 Å². The maximum Gasteiger partial charge on any atom is 0.234 e. The van der Waals surface area contributed by atoms with Gasteiger partial charge in [0.1, 0.15) is 0 Å². The molecule has 0 atom stereocenters. The minimum atomic E-state index is 0. The molecule has 0 unspecified atom stereocenters. The molecule has 3 rings (SSSR count). The third kappa shape index (κ3) is 9.61. The molecule has 1 fully saturated rings. The van der Waals surface area contributed by atoms with Gasteiger partial charge in [-0.25, -0.2) is 0 Å². The highest BCUT2D eigenvalue weighted by Gasteiger charge is 2.13. The van der Waals surface area contributed by atoms with Crippen LogP contribution in [0.15, 0.2) is 60.7 Å². The molecule has 0 spiro atoms. The third-order valence-corrected chi connectivity index (χ3v) is 4.83. The predicted octanol–water partition coefficient (Wildman–Crippen LogP) is 2.55. The van der Waals surface area contributed by atoms with Gasteiger partial charge in [0.05, 0.1) is 6.54 Å². The number of benzene rings is 2. The first kappa shape index (κ1) is 25.4. The minimum absolute atomic E-state index is 0. The Morgan fingerprint density at radius 2 is 1.41 bits per heavy atom. The zero-order chi connectivity index (χ0) is 18.7. The summed E-state index contributed by atoms with van der Waals surface area (Å²) >= 11 is 0. The van der Waals surface area contributed by atoms with Crippen LogP contribution in [0, 0.1) is 0 Å². The van der Waals surface area contributed by atoms with Crippen molar-refractivity contribution in [2.45, 2.75) is 13.1 Å². The van der Waals surface area contributed by atoms with Gasteiger partial charge < -0.3 is 10.6 Å². The summed E-state index contributed by atoms with van der Waals surface area (Å²) in [5, 5.41) is 6.44. The SMILES string of the molecule is Cl.Cl.O=C(CN(Cc1ccccc1)Cc1ccccc1)NCCN1CCNCC1. The van der Waals surface area contributed by atoms with Gasteiger partial charge in [-0.05, 0) is 11.1 Å². The number of nitrogens with zero attached hydrogens (tertiary/aromatic N) is 2. The fraction of sp³-hybridized carbons (Fsp3) is 0.409. The molecule has 1 aliphatic heterocycles. The quantitative estimate of drug-likeness (QED) is 0.631. The van der Waals surface area contributed by atoms with Crippen molar-refractivity contribution in [2.75, 3.05) is 45.8 Å². The number of halogens is 2. The molecular weight excluding hydrogens is 407 g/mol. The summed E-state index contributed by atoms with van der Waals surface area (Å²) in [6.07, 6.45) is 0. The number of amides is 1. The van der Waals surface area contributed by atoms with Crippen molar-refractivity contribution in [1.82, 2.24) is 20.4 Å². The first-order chi connectivity index (χ1) is 13.3. The Hall–Kier alpha value is -1.63. The predicted molar refractivity (Wildman–Crippen MR) is 124 cm³/mol. The third-order valence-electron chi connectivity index (χ3n) is 4.83. The zero-order valence-corrected chi connectivity index (χ0v) is 18.4. The second-order valence-corrected chi connectivity index (χ2v) is 7.06. The van der Waals surface area contributed by atoms with Crippen LogP contribution >= 0.6 is 24.8 Å². The fourth-order valence-corrected chi connectivity index (χ4v) is 3.40. The Balaban J connectivity index is 0.00000210. The topological polar surface area (TPSA) is 47.6 Å². The summed E-state index contributed by atoms with van der Waals surface area (Å²) in [4.78, 5) is 17.1. The van der Waals surface area contributed by atoms with E-state index >= 15 is 0 Å². The Kier molecular flexibility index (Phi) is 12.6. The van der Waals surface area contributed by atoms with Crippen molar-refractivity contribution < 1.29 is 4.79 Å². The normalized spacial score (nSPS) is 14.0. The molecule has 0 bridgehead atoms. The van der Waals surface area contributed by atoms with Crippen molar-refractivity contribution in [3.63, 3.8) is 0 Å². The first-order valence-corrected chi connectivity index (χ1v) is 9.79. The van der Waals surface area contributed by atoms with Gasteiger partial charge in [-0.15, -0.1) is 24.8 Å². The van der Waals surface area contributed by atoms with Crippen molar-refractivity contribution in [2.24, 2.45) is 0 Å². The summed E-state index contributed by atoms with van der Waals surface area (Å²) in [5.41, 5.74) is 2.45. The molecule has 1 heterocycles. The van der Waals surface area contributed by atoms with Crippen LogP contribution in [0.2, 0.25) is 0 Å². The number of nitrogens with one attached hydrogen (secondary N) is 2.